The number of nitrogens with zero attached hydrogens (tertiary/aromatic N) is 2. The number of hydrogen-bond donors (Lipinski definition) is 3. The molecule has 1 fully saturated rings. The van der Waals surface area contributed by atoms with Gasteiger partial charge in [-0.1, -0.05) is 11.8 Å². The first-order valence-electron chi connectivity index (χ1n) is 12.2. The average Bonchev–Trinajstić information content (AvgIpc) is 2.91. The van der Waals surface area contributed by atoms with Crippen LogP contribution < -0.4 is 10.2 Å². The molecule has 37 heavy (non-hydrogen) atoms. The lowest BCUT2D eigenvalue weighted by Crippen LogP contribution is -2.42. The number of aliphatic hydroxyl groups excluding tert-OH is 1. The molecule has 196 valence electrons. The van der Waals surface area contributed by atoms with Gasteiger partial charge in [0.2, 0.25) is 0 Å². The molecule has 3 atom stereocenters. The smallest absolute Gasteiger partial charge is 0.174 e. The molecule has 3 aromatic rings. The molecule has 0 radical (unpaired) electrons. The molecule has 0 aliphatic carbocycles. The van der Waals surface area contributed by atoms with Crippen molar-refractivity contribution in [2.75, 3.05) is 33.4 Å². The molecule has 1 aromatic heterocycles. The summed E-state index contributed by atoms with van der Waals surface area (Å²) in [5.41, 5.74) is 3.86. The van der Waals surface area contributed by atoms with Gasteiger partial charge in [0.15, 0.2) is 11.6 Å². The van der Waals surface area contributed by atoms with Gasteiger partial charge in [0.1, 0.15) is 11.6 Å². The van der Waals surface area contributed by atoms with Gasteiger partial charge in [0.05, 0.1) is 30.8 Å². The molecule has 0 amide bonds. The van der Waals surface area contributed by atoms with Crippen molar-refractivity contribution in [1.29, 1.82) is 0 Å². The van der Waals surface area contributed by atoms with Crippen LogP contribution in [0.5, 0.6) is 5.75 Å². The number of nitrogens with one attached hydrogen (secondary N) is 1. The van der Waals surface area contributed by atoms with Gasteiger partial charge in [-0.15, -0.1) is 0 Å². The molecule has 0 unspecified atom stereocenters. The number of rotatable bonds is 8. The first-order valence-corrected chi connectivity index (χ1v) is 12.2. The number of benzene rings is 2. The highest BCUT2D eigenvalue weighted by molar-refractivity contribution is 5.84. The molecular formula is C28H30F3N3O3. The number of halogens is 3. The Morgan fingerprint density at radius 1 is 1.19 bits per heavy atom. The maximum absolute atomic E-state index is 13.8. The zero-order valence-corrected chi connectivity index (χ0v) is 20.6. The number of aromatic nitrogens is 1. The quantitative estimate of drug-likeness (QED) is 0.235. The van der Waals surface area contributed by atoms with Crippen LogP contribution in [0.15, 0.2) is 42.6 Å². The molecule has 0 spiro atoms. The lowest BCUT2D eigenvalue weighted by molar-refractivity contribution is 0.0657. The number of ether oxygens (including phenoxy) is 1. The van der Waals surface area contributed by atoms with Gasteiger partial charge in [-0.2, -0.15) is 5.48 Å². The second-order valence-corrected chi connectivity index (χ2v) is 9.32. The molecule has 1 aliphatic heterocycles. The largest absolute Gasteiger partial charge is 0.497 e. The maximum Gasteiger partial charge on any atom is 0.174 e. The Morgan fingerprint density at radius 2 is 2.03 bits per heavy atom. The first-order chi connectivity index (χ1) is 17.9. The van der Waals surface area contributed by atoms with Crippen molar-refractivity contribution in [3.8, 4) is 17.6 Å². The number of piperidine rings is 1. The Bertz CT molecular complexity index is 1290. The third-order valence-corrected chi connectivity index (χ3v) is 7.07. The standard InChI is InChI=1S/C28H30F3N3O3/c1-37-22-5-7-26-24(15-22)23(8-10-32-26)27(33-36)6-4-18-9-12-34(16-20(18)17-35)11-2-3-19-13-21(29)14-25(30)28(19)31/h5,7-8,10,13-15,18,20,27,33,35-36H,4,6,9,11-12,16-17H2,1H3/t18-,20-,27+/m1/s1. The van der Waals surface area contributed by atoms with Gasteiger partial charge in [0, 0.05) is 30.8 Å². The predicted molar refractivity (Wildman–Crippen MR) is 134 cm³/mol. The molecule has 2 aromatic carbocycles. The molecule has 3 N–H and O–H groups in total. The average molecular weight is 514 g/mol. The Balaban J connectivity index is 1.38. The van der Waals surface area contributed by atoms with E-state index in [1.54, 1.807) is 13.3 Å². The minimum absolute atomic E-state index is 0.00490. The monoisotopic (exact) mass is 513 g/mol. The van der Waals surface area contributed by atoms with Crippen molar-refractivity contribution in [1.82, 2.24) is 15.4 Å². The molecule has 0 bridgehead atoms. The van der Waals surface area contributed by atoms with Gasteiger partial charge in [-0.05, 0) is 73.5 Å². The maximum atomic E-state index is 13.8. The summed E-state index contributed by atoms with van der Waals surface area (Å²) in [7, 11) is 1.60. The van der Waals surface area contributed by atoms with Crippen molar-refractivity contribution in [3.63, 3.8) is 0 Å². The summed E-state index contributed by atoms with van der Waals surface area (Å²) < 4.78 is 45.9. The van der Waals surface area contributed by atoms with Crippen molar-refractivity contribution >= 4 is 10.9 Å². The highest BCUT2D eigenvalue weighted by Crippen LogP contribution is 2.33. The topological polar surface area (TPSA) is 77.9 Å². The second kappa shape index (κ2) is 12.4. The highest BCUT2D eigenvalue weighted by atomic mass is 19.2. The predicted octanol–water partition coefficient (Wildman–Crippen LogP) is 4.44. The second-order valence-electron chi connectivity index (χ2n) is 9.32. The molecule has 6 nitrogen and oxygen atoms in total. The number of methoxy groups -OCH3 is 1. The SMILES string of the molecule is COc1ccc2nccc([C@H](CC[C@@H]3CCN(CC#Cc4cc(F)cc(F)c4F)C[C@@H]3CO)NO)c2c1. The van der Waals surface area contributed by atoms with E-state index in [9.17, 15) is 23.5 Å². The van der Waals surface area contributed by atoms with Gasteiger partial charge in [-0.25, -0.2) is 13.2 Å². The van der Waals surface area contributed by atoms with Gasteiger partial charge >= 0.3 is 0 Å². The number of fused-ring (bicyclic) bond motifs is 1. The van der Waals surface area contributed by atoms with Crippen LogP contribution in [0.3, 0.4) is 0 Å². The van der Waals surface area contributed by atoms with Crippen LogP contribution in [-0.2, 0) is 0 Å². The fourth-order valence-electron chi connectivity index (χ4n) is 5.03. The Kier molecular flexibility index (Phi) is 9.00. The summed E-state index contributed by atoms with van der Waals surface area (Å²) in [5.74, 6) is 2.96. The Labute approximate surface area is 214 Å². The van der Waals surface area contributed by atoms with Crippen LogP contribution in [-0.4, -0.2) is 53.5 Å². The number of likely N-dealkylation sites (tertiary alicyclic amines) is 1. The highest BCUT2D eigenvalue weighted by Gasteiger charge is 2.29. The van der Waals surface area contributed by atoms with Gasteiger partial charge < -0.3 is 15.1 Å². The van der Waals surface area contributed by atoms with Crippen molar-refractivity contribution in [2.45, 2.75) is 25.3 Å². The third-order valence-electron chi connectivity index (χ3n) is 7.07. The zero-order valence-electron chi connectivity index (χ0n) is 20.6. The minimum Gasteiger partial charge on any atom is -0.497 e. The summed E-state index contributed by atoms with van der Waals surface area (Å²) in [6.45, 7) is 1.63. The molecular weight excluding hydrogens is 483 g/mol. The number of pyridine rings is 1. The van der Waals surface area contributed by atoms with Crippen LogP contribution in [0.2, 0.25) is 0 Å². The summed E-state index contributed by atoms with van der Waals surface area (Å²) >= 11 is 0. The van der Waals surface area contributed by atoms with E-state index in [0.29, 0.717) is 31.3 Å². The summed E-state index contributed by atoms with van der Waals surface area (Å²) in [6, 6.07) is 8.56. The van der Waals surface area contributed by atoms with Crippen LogP contribution >= 0.6 is 0 Å². The molecule has 1 aliphatic rings. The van der Waals surface area contributed by atoms with Crippen molar-refractivity contribution in [2.24, 2.45) is 11.8 Å². The summed E-state index contributed by atoms with van der Waals surface area (Å²) in [4.78, 5) is 6.45. The van der Waals surface area contributed by atoms with E-state index < -0.39 is 17.5 Å². The van der Waals surface area contributed by atoms with E-state index in [1.807, 2.05) is 29.2 Å². The molecule has 2 heterocycles. The third kappa shape index (κ3) is 6.40. The summed E-state index contributed by atoms with van der Waals surface area (Å²) in [6.07, 6.45) is 3.97. The lowest BCUT2D eigenvalue weighted by Gasteiger charge is -2.37. The van der Waals surface area contributed by atoms with Crippen LogP contribution in [0.1, 0.15) is 36.4 Å². The normalized spacial score (nSPS) is 18.9. The van der Waals surface area contributed by atoms with E-state index in [0.717, 1.165) is 41.9 Å². The van der Waals surface area contributed by atoms with Crippen molar-refractivity contribution < 1.29 is 28.2 Å². The van der Waals surface area contributed by atoms with E-state index in [-0.39, 0.29) is 30.0 Å². The summed E-state index contributed by atoms with van der Waals surface area (Å²) in [5, 5.41) is 20.9. The lowest BCUT2D eigenvalue weighted by atomic mass is 9.81. The number of aliphatic hydroxyl groups is 1. The van der Waals surface area contributed by atoms with Crippen molar-refractivity contribution in [3.05, 3.63) is 71.2 Å². The number of hydroxylamine groups is 1. The fourth-order valence-corrected chi connectivity index (χ4v) is 5.03. The zero-order chi connectivity index (χ0) is 26.4. The van der Waals surface area contributed by atoms with E-state index in [2.05, 4.69) is 22.3 Å². The molecule has 9 heteroatoms. The van der Waals surface area contributed by atoms with Crippen LogP contribution in [0, 0.1) is 41.1 Å². The molecule has 1 saturated heterocycles. The van der Waals surface area contributed by atoms with Crippen LogP contribution in [0.25, 0.3) is 10.9 Å². The number of hydrogen-bond acceptors (Lipinski definition) is 6. The Hall–Kier alpha value is -3.16. The molecule has 0 saturated carbocycles. The van der Waals surface area contributed by atoms with E-state index in [1.165, 1.54) is 0 Å². The minimum atomic E-state index is -1.26. The fraction of sp³-hybridized carbons (Fsp3) is 0.393. The van der Waals surface area contributed by atoms with Gasteiger partial charge in [-0.3, -0.25) is 9.88 Å². The van der Waals surface area contributed by atoms with E-state index >= 15 is 0 Å². The Morgan fingerprint density at radius 3 is 2.78 bits per heavy atom. The van der Waals surface area contributed by atoms with Gasteiger partial charge in [0.25, 0.3) is 0 Å². The van der Waals surface area contributed by atoms with E-state index in [4.69, 9.17) is 4.74 Å². The molecule has 4 rings (SSSR count). The first kappa shape index (κ1) is 26.9. The van der Waals surface area contributed by atoms with Crippen LogP contribution in [0.4, 0.5) is 13.2 Å².